The normalized spacial score (nSPS) is 18.3. The SMILES string of the molecule is CC1=[N+](Cc2ccccc2B(O)O)C=CC2C1=[NH+]c1ccccc12. The smallest absolute Gasteiger partial charge is 0.423 e. The summed E-state index contributed by atoms with van der Waals surface area (Å²) in [4.78, 5) is 3.53. The Hall–Kier alpha value is -2.50. The molecule has 2 heterocycles. The Morgan fingerprint density at radius 2 is 1.83 bits per heavy atom. The predicted octanol–water partition coefficient (Wildman–Crippen LogP) is -0.182. The highest BCUT2D eigenvalue weighted by Crippen LogP contribution is 2.28. The van der Waals surface area contributed by atoms with Crippen molar-refractivity contribution in [1.82, 2.24) is 0 Å². The van der Waals surface area contributed by atoms with Gasteiger partial charge in [-0.25, -0.2) is 4.99 Å². The van der Waals surface area contributed by atoms with Crippen molar-refractivity contribution >= 4 is 29.7 Å². The fourth-order valence-corrected chi connectivity index (χ4v) is 3.52. The number of benzene rings is 2. The maximum Gasteiger partial charge on any atom is 0.488 e. The molecule has 0 spiro atoms. The first-order chi connectivity index (χ1) is 11.6. The summed E-state index contributed by atoms with van der Waals surface area (Å²) < 4.78 is 2.14. The lowest BCUT2D eigenvalue weighted by Crippen LogP contribution is -2.67. The summed E-state index contributed by atoms with van der Waals surface area (Å²) in [7, 11) is -1.45. The third-order valence-electron chi connectivity index (χ3n) is 4.83. The van der Waals surface area contributed by atoms with Crippen LogP contribution < -0.4 is 10.5 Å². The van der Waals surface area contributed by atoms with Gasteiger partial charge in [0.1, 0.15) is 5.92 Å². The second-order valence-corrected chi connectivity index (χ2v) is 6.23. The molecule has 5 heteroatoms. The summed E-state index contributed by atoms with van der Waals surface area (Å²) in [6.45, 7) is 2.70. The Morgan fingerprint density at radius 3 is 2.67 bits per heavy atom. The topological polar surface area (TPSA) is 57.4 Å². The van der Waals surface area contributed by atoms with E-state index in [9.17, 15) is 10.0 Å². The van der Waals surface area contributed by atoms with Gasteiger partial charge in [-0.3, -0.25) is 0 Å². The number of hydrogen-bond acceptors (Lipinski definition) is 2. The van der Waals surface area contributed by atoms with Gasteiger partial charge in [0, 0.05) is 24.1 Å². The van der Waals surface area contributed by atoms with Gasteiger partial charge in [0.15, 0.2) is 12.7 Å². The molecule has 2 aliphatic rings. The van der Waals surface area contributed by atoms with Gasteiger partial charge >= 0.3 is 7.12 Å². The Morgan fingerprint density at radius 1 is 1.08 bits per heavy atom. The number of fused-ring (bicyclic) bond motifs is 3. The Bertz CT molecular complexity index is 900. The molecule has 0 fully saturated rings. The molecule has 0 saturated heterocycles. The van der Waals surface area contributed by atoms with E-state index in [1.54, 1.807) is 6.07 Å². The molecule has 4 rings (SSSR count). The zero-order chi connectivity index (χ0) is 16.7. The summed E-state index contributed by atoms with van der Waals surface area (Å²) in [5.74, 6) is 0.274. The van der Waals surface area contributed by atoms with E-state index in [1.165, 1.54) is 11.3 Å². The number of allylic oxidation sites excluding steroid dienone is 1. The van der Waals surface area contributed by atoms with E-state index in [-0.39, 0.29) is 5.92 Å². The first kappa shape index (κ1) is 15.1. The number of nitrogens with one attached hydrogen (secondary N) is 1. The largest absolute Gasteiger partial charge is 0.488 e. The Labute approximate surface area is 141 Å². The molecule has 2 aliphatic heterocycles. The van der Waals surface area contributed by atoms with Crippen LogP contribution in [-0.4, -0.2) is 33.2 Å². The third kappa shape index (κ3) is 2.42. The lowest BCUT2D eigenvalue weighted by molar-refractivity contribution is -0.476. The summed E-state index contributed by atoms with van der Waals surface area (Å²) >= 11 is 0. The standard InChI is InChI=1S/C19H18BN2O2/c1-13-19-16(15-7-3-5-9-18(15)21-19)10-11-22(13)12-14-6-2-4-8-17(14)20(23)24/h2-11,16,23-24H,12H2,1H3/q+1/p+1. The van der Waals surface area contributed by atoms with E-state index in [0.29, 0.717) is 12.0 Å². The minimum atomic E-state index is -1.45. The Balaban J connectivity index is 1.70. The van der Waals surface area contributed by atoms with Crippen molar-refractivity contribution < 1.29 is 19.6 Å². The van der Waals surface area contributed by atoms with Crippen LogP contribution >= 0.6 is 0 Å². The second kappa shape index (κ2) is 5.85. The maximum atomic E-state index is 9.56. The van der Waals surface area contributed by atoms with Gasteiger partial charge in [0.05, 0.1) is 0 Å². The summed E-state index contributed by atoms with van der Waals surface area (Å²) in [6, 6.07) is 15.8. The molecule has 118 valence electrons. The molecule has 2 aromatic rings. The first-order valence-electron chi connectivity index (χ1n) is 8.11. The minimum absolute atomic E-state index is 0.274. The van der Waals surface area contributed by atoms with Gasteiger partial charge in [-0.1, -0.05) is 42.5 Å². The molecule has 0 saturated carbocycles. The van der Waals surface area contributed by atoms with E-state index >= 15 is 0 Å². The minimum Gasteiger partial charge on any atom is -0.423 e. The second-order valence-electron chi connectivity index (χ2n) is 6.23. The van der Waals surface area contributed by atoms with E-state index in [2.05, 4.69) is 47.0 Å². The molecular formula is C19H19BN2O2+2. The van der Waals surface area contributed by atoms with Crippen LogP contribution in [-0.2, 0) is 6.54 Å². The summed E-state index contributed by atoms with van der Waals surface area (Å²) in [5.41, 5.74) is 6.27. The van der Waals surface area contributed by atoms with Crippen molar-refractivity contribution in [1.29, 1.82) is 0 Å². The van der Waals surface area contributed by atoms with E-state index < -0.39 is 7.12 Å². The number of rotatable bonds is 3. The van der Waals surface area contributed by atoms with Gasteiger partial charge in [-0.05, 0) is 11.5 Å². The first-order valence-corrected chi connectivity index (χ1v) is 8.11. The van der Waals surface area contributed by atoms with Crippen LogP contribution in [0.3, 0.4) is 0 Å². The quantitative estimate of drug-likeness (QED) is 0.543. The fourth-order valence-electron chi connectivity index (χ4n) is 3.52. The molecule has 3 N–H and O–H groups in total. The molecule has 2 aromatic carbocycles. The molecule has 1 atom stereocenters. The molecule has 4 nitrogen and oxygen atoms in total. The molecule has 24 heavy (non-hydrogen) atoms. The van der Waals surface area contributed by atoms with Gasteiger partial charge in [0.2, 0.25) is 11.4 Å². The average molecular weight is 318 g/mol. The van der Waals surface area contributed by atoms with Crippen LogP contribution in [0.25, 0.3) is 0 Å². The molecule has 0 amide bonds. The number of para-hydroxylation sites is 1. The van der Waals surface area contributed by atoms with E-state index in [0.717, 1.165) is 17.0 Å². The van der Waals surface area contributed by atoms with E-state index in [4.69, 9.17) is 0 Å². The Kier molecular flexibility index (Phi) is 3.67. The van der Waals surface area contributed by atoms with Gasteiger partial charge < -0.3 is 10.0 Å². The molecule has 0 radical (unpaired) electrons. The zero-order valence-electron chi connectivity index (χ0n) is 13.5. The number of nitrogens with zero attached hydrogens (tertiary/aromatic N) is 1. The molecule has 0 aliphatic carbocycles. The lowest BCUT2D eigenvalue weighted by atomic mass is 9.77. The lowest BCUT2D eigenvalue weighted by Gasteiger charge is -2.12. The average Bonchev–Trinajstić information content (AvgIpc) is 2.97. The van der Waals surface area contributed by atoms with Gasteiger partial charge in [0.25, 0.3) is 5.71 Å². The highest BCUT2D eigenvalue weighted by Gasteiger charge is 2.40. The van der Waals surface area contributed by atoms with Gasteiger partial charge in [-0.2, -0.15) is 4.58 Å². The highest BCUT2D eigenvalue weighted by atomic mass is 16.4. The van der Waals surface area contributed by atoms with Crippen molar-refractivity contribution in [3.63, 3.8) is 0 Å². The van der Waals surface area contributed by atoms with Crippen molar-refractivity contribution in [2.45, 2.75) is 19.4 Å². The van der Waals surface area contributed by atoms with Crippen molar-refractivity contribution in [3.8, 4) is 0 Å². The van der Waals surface area contributed by atoms with Crippen LogP contribution in [0, 0.1) is 0 Å². The monoisotopic (exact) mass is 318 g/mol. The summed E-state index contributed by atoms with van der Waals surface area (Å²) in [6.07, 6.45) is 4.28. The van der Waals surface area contributed by atoms with Crippen LogP contribution in [0.1, 0.15) is 24.0 Å². The fraction of sp³-hybridized carbons (Fsp3) is 0.158. The van der Waals surface area contributed by atoms with Crippen LogP contribution in [0.2, 0.25) is 0 Å². The molecular weight excluding hydrogens is 299 g/mol. The zero-order valence-corrected chi connectivity index (χ0v) is 13.5. The van der Waals surface area contributed by atoms with Crippen molar-refractivity contribution in [3.05, 3.63) is 71.9 Å². The maximum absolute atomic E-state index is 9.56. The molecule has 0 aromatic heterocycles. The van der Waals surface area contributed by atoms with Gasteiger partial charge in [-0.15, -0.1) is 0 Å². The van der Waals surface area contributed by atoms with E-state index in [1.807, 2.05) is 24.3 Å². The highest BCUT2D eigenvalue weighted by molar-refractivity contribution is 6.59. The van der Waals surface area contributed by atoms with Crippen LogP contribution in [0.15, 0.2) is 60.8 Å². The van der Waals surface area contributed by atoms with Crippen molar-refractivity contribution in [2.75, 3.05) is 0 Å². The van der Waals surface area contributed by atoms with Crippen LogP contribution in [0.5, 0.6) is 0 Å². The summed E-state index contributed by atoms with van der Waals surface area (Å²) in [5, 5.41) is 19.1. The molecule has 1 unspecified atom stereocenters. The van der Waals surface area contributed by atoms with Crippen molar-refractivity contribution in [2.24, 2.45) is 0 Å². The third-order valence-corrected chi connectivity index (χ3v) is 4.83. The number of hydrogen-bond donors (Lipinski definition) is 3. The van der Waals surface area contributed by atoms with Crippen LogP contribution in [0.4, 0.5) is 5.69 Å². The molecule has 0 bridgehead atoms. The predicted molar refractivity (Wildman–Crippen MR) is 94.9 cm³/mol.